The number of carbonyl (C=O) groups is 2. The van der Waals surface area contributed by atoms with Gasteiger partial charge in [-0.1, -0.05) is 19.8 Å². The lowest BCUT2D eigenvalue weighted by Crippen LogP contribution is -2.37. The van der Waals surface area contributed by atoms with E-state index in [1.54, 1.807) is 0 Å². The molecule has 0 aromatic carbocycles. The molecule has 0 aliphatic heterocycles. The van der Waals surface area contributed by atoms with Crippen LogP contribution in [0, 0.1) is 5.92 Å². The number of rotatable bonds is 5. The first kappa shape index (κ1) is 13.0. The van der Waals surface area contributed by atoms with Crippen molar-refractivity contribution in [2.45, 2.75) is 57.9 Å². The summed E-state index contributed by atoms with van der Waals surface area (Å²) in [5.41, 5.74) is 0. The predicted octanol–water partition coefficient (Wildman–Crippen LogP) is 1.94. The van der Waals surface area contributed by atoms with Crippen molar-refractivity contribution in [1.82, 2.24) is 5.32 Å². The summed E-state index contributed by atoms with van der Waals surface area (Å²) in [5, 5.41) is 11.4. The van der Waals surface area contributed by atoms with Gasteiger partial charge in [0.05, 0.1) is 0 Å². The molecule has 0 aromatic heterocycles. The number of amides is 1. The molecule has 1 rings (SSSR count). The van der Waals surface area contributed by atoms with Gasteiger partial charge in [0.2, 0.25) is 5.91 Å². The maximum Gasteiger partial charge on any atom is 0.303 e. The number of hydrogen-bond acceptors (Lipinski definition) is 2. The highest BCUT2D eigenvalue weighted by molar-refractivity contribution is 5.77. The molecule has 1 aliphatic carbocycles. The average molecular weight is 227 g/mol. The molecule has 4 nitrogen and oxygen atoms in total. The highest BCUT2D eigenvalue weighted by atomic mass is 16.4. The molecule has 1 fully saturated rings. The average Bonchev–Trinajstić information content (AvgIpc) is 2.16. The van der Waals surface area contributed by atoms with E-state index in [2.05, 4.69) is 12.2 Å². The van der Waals surface area contributed by atoms with Gasteiger partial charge in [-0.25, -0.2) is 0 Å². The van der Waals surface area contributed by atoms with Crippen molar-refractivity contribution in [2.75, 3.05) is 0 Å². The van der Waals surface area contributed by atoms with Crippen molar-refractivity contribution in [3.05, 3.63) is 0 Å². The molecular formula is C12H21NO3. The number of carbonyl (C=O) groups excluding carboxylic acids is 1. The Morgan fingerprint density at radius 3 is 2.69 bits per heavy atom. The molecule has 0 heterocycles. The zero-order chi connectivity index (χ0) is 12.0. The SMILES string of the molecule is CC1CCCC(NC(=O)CCCC(=O)O)C1. The summed E-state index contributed by atoms with van der Waals surface area (Å²) in [7, 11) is 0. The Morgan fingerprint density at radius 2 is 2.06 bits per heavy atom. The first-order chi connectivity index (χ1) is 7.58. The maximum atomic E-state index is 11.5. The van der Waals surface area contributed by atoms with E-state index in [4.69, 9.17) is 5.11 Å². The van der Waals surface area contributed by atoms with Crippen LogP contribution in [-0.4, -0.2) is 23.0 Å². The largest absolute Gasteiger partial charge is 0.481 e. The molecule has 0 radical (unpaired) electrons. The maximum absolute atomic E-state index is 11.5. The first-order valence-corrected chi connectivity index (χ1v) is 6.09. The van der Waals surface area contributed by atoms with Crippen LogP contribution in [0.4, 0.5) is 0 Å². The van der Waals surface area contributed by atoms with E-state index in [-0.39, 0.29) is 12.3 Å². The molecule has 16 heavy (non-hydrogen) atoms. The summed E-state index contributed by atoms with van der Waals surface area (Å²) in [6, 6.07) is 0.307. The molecule has 2 unspecified atom stereocenters. The van der Waals surface area contributed by atoms with Crippen LogP contribution in [-0.2, 0) is 9.59 Å². The lowest BCUT2D eigenvalue weighted by molar-refractivity contribution is -0.137. The third-order valence-corrected chi connectivity index (χ3v) is 3.10. The molecule has 1 saturated carbocycles. The van der Waals surface area contributed by atoms with Crippen LogP contribution in [0.15, 0.2) is 0 Å². The molecule has 0 bridgehead atoms. The number of hydrogen-bond donors (Lipinski definition) is 2. The minimum Gasteiger partial charge on any atom is -0.481 e. The highest BCUT2D eigenvalue weighted by Crippen LogP contribution is 2.23. The minimum absolute atomic E-state index is 0.000324. The second-order valence-corrected chi connectivity index (χ2v) is 4.78. The highest BCUT2D eigenvalue weighted by Gasteiger charge is 2.20. The van der Waals surface area contributed by atoms with Crippen LogP contribution in [0.2, 0.25) is 0 Å². The molecule has 2 atom stereocenters. The molecule has 0 aromatic rings. The Morgan fingerprint density at radius 1 is 1.31 bits per heavy atom. The van der Waals surface area contributed by atoms with Gasteiger partial charge in [0.15, 0.2) is 0 Å². The van der Waals surface area contributed by atoms with E-state index < -0.39 is 5.97 Å². The van der Waals surface area contributed by atoms with Crippen LogP contribution >= 0.6 is 0 Å². The standard InChI is InChI=1S/C12H21NO3/c1-9-4-2-5-10(8-9)13-11(14)6-3-7-12(15)16/h9-10H,2-8H2,1H3,(H,13,14)(H,15,16). The van der Waals surface area contributed by atoms with E-state index in [1.807, 2.05) is 0 Å². The Kier molecular flexibility index (Phi) is 5.29. The molecule has 4 heteroatoms. The van der Waals surface area contributed by atoms with E-state index in [1.165, 1.54) is 12.8 Å². The molecule has 0 spiro atoms. The fourth-order valence-corrected chi connectivity index (χ4v) is 2.27. The van der Waals surface area contributed by atoms with E-state index in [9.17, 15) is 9.59 Å². The van der Waals surface area contributed by atoms with Crippen LogP contribution in [0.1, 0.15) is 51.9 Å². The molecule has 2 N–H and O–H groups in total. The summed E-state index contributed by atoms with van der Waals surface area (Å²) < 4.78 is 0. The lowest BCUT2D eigenvalue weighted by Gasteiger charge is -2.27. The third-order valence-electron chi connectivity index (χ3n) is 3.10. The third kappa shape index (κ3) is 5.14. The van der Waals surface area contributed by atoms with Gasteiger partial charge in [-0.15, -0.1) is 0 Å². The van der Waals surface area contributed by atoms with Crippen molar-refractivity contribution >= 4 is 11.9 Å². The van der Waals surface area contributed by atoms with Gasteiger partial charge in [-0.05, 0) is 25.2 Å². The van der Waals surface area contributed by atoms with Gasteiger partial charge in [-0.2, -0.15) is 0 Å². The zero-order valence-electron chi connectivity index (χ0n) is 9.87. The van der Waals surface area contributed by atoms with Gasteiger partial charge in [-0.3, -0.25) is 9.59 Å². The van der Waals surface area contributed by atoms with Gasteiger partial charge < -0.3 is 10.4 Å². The van der Waals surface area contributed by atoms with Crippen LogP contribution in [0.3, 0.4) is 0 Å². The fraction of sp³-hybridized carbons (Fsp3) is 0.833. The summed E-state index contributed by atoms with van der Waals surface area (Å²) in [5.74, 6) is -0.141. The van der Waals surface area contributed by atoms with Gasteiger partial charge in [0.1, 0.15) is 0 Å². The smallest absolute Gasteiger partial charge is 0.303 e. The summed E-state index contributed by atoms with van der Waals surface area (Å²) >= 11 is 0. The molecule has 1 aliphatic rings. The van der Waals surface area contributed by atoms with Crippen molar-refractivity contribution in [3.63, 3.8) is 0 Å². The normalized spacial score (nSPS) is 25.1. The van der Waals surface area contributed by atoms with Gasteiger partial charge >= 0.3 is 5.97 Å². The Hall–Kier alpha value is -1.06. The predicted molar refractivity (Wildman–Crippen MR) is 61.0 cm³/mol. The van der Waals surface area contributed by atoms with Crippen LogP contribution < -0.4 is 5.32 Å². The lowest BCUT2D eigenvalue weighted by atomic mass is 9.87. The number of nitrogens with one attached hydrogen (secondary N) is 1. The topological polar surface area (TPSA) is 66.4 Å². The monoisotopic (exact) mass is 227 g/mol. The molecule has 0 saturated heterocycles. The quantitative estimate of drug-likeness (QED) is 0.754. The Bertz CT molecular complexity index is 253. The molecular weight excluding hydrogens is 206 g/mol. The van der Waals surface area contributed by atoms with Crippen LogP contribution in [0.5, 0.6) is 0 Å². The van der Waals surface area contributed by atoms with Crippen molar-refractivity contribution in [1.29, 1.82) is 0 Å². The second-order valence-electron chi connectivity index (χ2n) is 4.78. The van der Waals surface area contributed by atoms with E-state index >= 15 is 0 Å². The first-order valence-electron chi connectivity index (χ1n) is 6.09. The van der Waals surface area contributed by atoms with Gasteiger partial charge in [0.25, 0.3) is 0 Å². The number of carboxylic acids is 1. The van der Waals surface area contributed by atoms with Crippen molar-refractivity contribution in [2.24, 2.45) is 5.92 Å². The van der Waals surface area contributed by atoms with Crippen molar-refractivity contribution < 1.29 is 14.7 Å². The summed E-state index contributed by atoms with van der Waals surface area (Å²) in [6.07, 6.45) is 5.40. The number of carboxylic acid groups (broad SMARTS) is 1. The Balaban J connectivity index is 2.15. The second kappa shape index (κ2) is 6.51. The number of aliphatic carboxylic acids is 1. The zero-order valence-corrected chi connectivity index (χ0v) is 9.87. The van der Waals surface area contributed by atoms with E-state index in [0.717, 1.165) is 12.8 Å². The van der Waals surface area contributed by atoms with Crippen LogP contribution in [0.25, 0.3) is 0 Å². The van der Waals surface area contributed by atoms with E-state index in [0.29, 0.717) is 24.8 Å². The Labute approximate surface area is 96.4 Å². The fourth-order valence-electron chi connectivity index (χ4n) is 2.27. The summed E-state index contributed by atoms with van der Waals surface area (Å²) in [6.45, 7) is 2.21. The molecule has 1 amide bonds. The van der Waals surface area contributed by atoms with Crippen molar-refractivity contribution in [3.8, 4) is 0 Å². The minimum atomic E-state index is -0.834. The summed E-state index contributed by atoms with van der Waals surface area (Å²) in [4.78, 5) is 21.8. The van der Waals surface area contributed by atoms with Gasteiger partial charge in [0, 0.05) is 18.9 Å². The molecule has 92 valence electrons.